The number of benzene rings is 1. The van der Waals surface area contributed by atoms with Crippen LogP contribution in [0.4, 0.5) is 20.4 Å². The minimum Gasteiger partial charge on any atom is -0.396 e. The molecule has 0 saturated heterocycles. The van der Waals surface area contributed by atoms with Crippen molar-refractivity contribution >= 4 is 23.7 Å². The van der Waals surface area contributed by atoms with Gasteiger partial charge in [-0.15, -0.1) is 0 Å². The fraction of sp³-hybridized carbons (Fsp3) is 0.0714. The lowest BCUT2D eigenvalue weighted by atomic mass is 10.1. The Kier molecular flexibility index (Phi) is 4.34. The summed E-state index contributed by atoms with van der Waals surface area (Å²) in [4.78, 5) is 7.45. The summed E-state index contributed by atoms with van der Waals surface area (Å²) < 4.78 is 25.8. The number of nitrogens with zero attached hydrogens (tertiary/aromatic N) is 1. The van der Waals surface area contributed by atoms with Gasteiger partial charge in [0, 0.05) is 34.5 Å². The van der Waals surface area contributed by atoms with Crippen LogP contribution in [0.3, 0.4) is 0 Å². The van der Waals surface area contributed by atoms with E-state index in [0.29, 0.717) is 16.9 Å². The minimum absolute atomic E-state index is 0.00312. The number of rotatable bonds is 4. The van der Waals surface area contributed by atoms with Gasteiger partial charge in [-0.25, -0.2) is 9.37 Å². The lowest BCUT2D eigenvalue weighted by Gasteiger charge is -2.04. The molecule has 0 unspecified atom stereocenters. The van der Waals surface area contributed by atoms with Crippen LogP contribution in [0.15, 0.2) is 24.4 Å². The molecule has 110 valence electrons. The average Bonchev–Trinajstić information content (AvgIpc) is 2.49. The summed E-state index contributed by atoms with van der Waals surface area (Å²) in [5.41, 5.74) is 18.3. The second kappa shape index (κ2) is 6.19. The Bertz CT molecular complexity index is 689. The Morgan fingerprint density at radius 3 is 2.62 bits per heavy atom. The summed E-state index contributed by atoms with van der Waals surface area (Å²) in [6, 6.07) is 3.90. The molecule has 7 heteroatoms. The Morgan fingerprint density at radius 2 is 1.95 bits per heavy atom. The number of aromatic nitrogens is 1. The first-order valence-corrected chi connectivity index (χ1v) is 6.05. The molecular formula is C14H14F2N4O. The van der Waals surface area contributed by atoms with Crippen LogP contribution < -0.4 is 22.1 Å². The number of nitrogens with two attached hydrogens (primary N) is 3. The maximum Gasteiger partial charge on any atom is 0.197 e. The van der Waals surface area contributed by atoms with Crippen LogP contribution >= 0.6 is 0 Å². The van der Waals surface area contributed by atoms with E-state index in [2.05, 4.69) is 9.93 Å². The third kappa shape index (κ3) is 3.26. The van der Waals surface area contributed by atoms with Crippen LogP contribution in [-0.4, -0.2) is 4.98 Å². The zero-order valence-corrected chi connectivity index (χ0v) is 11.0. The lowest BCUT2D eigenvalue weighted by Crippen LogP contribution is -2.03. The van der Waals surface area contributed by atoms with Gasteiger partial charge in [-0.1, -0.05) is 12.2 Å². The predicted octanol–water partition coefficient (Wildman–Crippen LogP) is 2.28. The normalized spacial score (nSPS) is 11.0. The van der Waals surface area contributed by atoms with E-state index in [0.717, 1.165) is 6.07 Å². The molecule has 0 aliphatic rings. The first-order chi connectivity index (χ1) is 10.0. The van der Waals surface area contributed by atoms with Crippen LogP contribution in [0.25, 0.3) is 12.2 Å². The maximum atomic E-state index is 13.7. The zero-order chi connectivity index (χ0) is 15.4. The molecule has 0 aliphatic carbocycles. The predicted molar refractivity (Wildman–Crippen MR) is 78.0 cm³/mol. The fourth-order valence-electron chi connectivity index (χ4n) is 1.76. The highest BCUT2D eigenvalue weighted by Gasteiger charge is 2.08. The van der Waals surface area contributed by atoms with Gasteiger partial charge >= 0.3 is 0 Å². The van der Waals surface area contributed by atoms with E-state index in [1.807, 2.05) is 0 Å². The van der Waals surface area contributed by atoms with E-state index in [4.69, 9.17) is 17.2 Å². The van der Waals surface area contributed by atoms with E-state index in [1.165, 1.54) is 18.3 Å². The molecule has 1 aromatic heterocycles. The van der Waals surface area contributed by atoms with E-state index >= 15 is 0 Å². The van der Waals surface area contributed by atoms with E-state index in [-0.39, 0.29) is 23.5 Å². The summed E-state index contributed by atoms with van der Waals surface area (Å²) in [5, 5.41) is 0. The Morgan fingerprint density at radius 1 is 1.19 bits per heavy atom. The van der Waals surface area contributed by atoms with Crippen molar-refractivity contribution < 1.29 is 13.9 Å². The minimum atomic E-state index is -0.657. The van der Waals surface area contributed by atoms with Gasteiger partial charge in [0.05, 0.1) is 5.69 Å². The molecule has 0 amide bonds. The second-order valence-electron chi connectivity index (χ2n) is 4.34. The molecule has 1 heterocycles. The molecule has 2 rings (SSSR count). The van der Waals surface area contributed by atoms with Gasteiger partial charge in [0.1, 0.15) is 11.6 Å². The Balaban J connectivity index is 2.31. The van der Waals surface area contributed by atoms with Gasteiger partial charge in [0.2, 0.25) is 0 Å². The molecule has 0 saturated carbocycles. The zero-order valence-electron chi connectivity index (χ0n) is 11.0. The molecule has 5 nitrogen and oxygen atoms in total. The number of nitrogen functional groups attached to an aromatic ring is 2. The monoisotopic (exact) mass is 292 g/mol. The molecule has 0 radical (unpaired) electrons. The number of hydrogen-bond acceptors (Lipinski definition) is 5. The van der Waals surface area contributed by atoms with Gasteiger partial charge in [0.25, 0.3) is 0 Å². The largest absolute Gasteiger partial charge is 0.396 e. The van der Waals surface area contributed by atoms with Crippen molar-refractivity contribution in [1.82, 2.24) is 4.98 Å². The number of anilines is 2. The topological polar surface area (TPSA) is 100 Å². The Labute approximate surface area is 119 Å². The molecule has 1 aromatic carbocycles. The fourth-order valence-corrected chi connectivity index (χ4v) is 1.76. The van der Waals surface area contributed by atoms with Crippen molar-refractivity contribution in [2.45, 2.75) is 6.54 Å². The lowest BCUT2D eigenvalue weighted by molar-refractivity contribution is -0.00556. The summed E-state index contributed by atoms with van der Waals surface area (Å²) in [7, 11) is 0. The van der Waals surface area contributed by atoms with Crippen LogP contribution in [-0.2, 0) is 6.54 Å². The first kappa shape index (κ1) is 14.7. The summed E-state index contributed by atoms with van der Waals surface area (Å²) >= 11 is 0. The van der Waals surface area contributed by atoms with Crippen LogP contribution in [0.1, 0.15) is 16.7 Å². The molecule has 21 heavy (non-hydrogen) atoms. The van der Waals surface area contributed by atoms with Crippen molar-refractivity contribution in [2.24, 2.45) is 5.73 Å². The molecule has 0 fully saturated rings. The molecule has 6 N–H and O–H groups in total. The standard InChI is InChI=1S/C14H14F2N4O/c15-11-5-13(21-16)12(18)4-9(11)2-1-8-3-10(6-17)14(19)20-7-8/h1-5,7H,6,17-18H2,(H2,19,20). The molecule has 0 atom stereocenters. The first-order valence-electron chi connectivity index (χ1n) is 6.05. The summed E-state index contributed by atoms with van der Waals surface area (Å²) in [6.45, 7) is 0.254. The highest BCUT2D eigenvalue weighted by Crippen LogP contribution is 2.26. The highest BCUT2D eigenvalue weighted by atomic mass is 19.3. The maximum absolute atomic E-state index is 13.7. The van der Waals surface area contributed by atoms with Gasteiger partial charge in [-0.05, 0) is 17.7 Å². The van der Waals surface area contributed by atoms with Crippen molar-refractivity contribution in [1.29, 1.82) is 0 Å². The van der Waals surface area contributed by atoms with Gasteiger partial charge in [-0.3, -0.25) is 4.94 Å². The quantitative estimate of drug-likeness (QED) is 0.751. The van der Waals surface area contributed by atoms with Crippen LogP contribution in [0, 0.1) is 5.82 Å². The third-order valence-corrected chi connectivity index (χ3v) is 2.91. The van der Waals surface area contributed by atoms with Crippen molar-refractivity contribution in [3.8, 4) is 5.75 Å². The van der Waals surface area contributed by atoms with E-state index < -0.39 is 5.82 Å². The Hall–Kier alpha value is -2.67. The molecule has 0 aliphatic heterocycles. The van der Waals surface area contributed by atoms with Gasteiger partial charge in [-0.2, -0.15) is 0 Å². The van der Waals surface area contributed by atoms with Crippen LogP contribution in [0.5, 0.6) is 5.75 Å². The number of pyridine rings is 1. The average molecular weight is 292 g/mol. The molecule has 2 aromatic rings. The van der Waals surface area contributed by atoms with Crippen LogP contribution in [0.2, 0.25) is 0 Å². The summed E-state index contributed by atoms with van der Waals surface area (Å²) in [6.07, 6.45) is 4.64. The molecule has 0 spiro atoms. The van der Waals surface area contributed by atoms with Crippen molar-refractivity contribution in [3.63, 3.8) is 0 Å². The van der Waals surface area contributed by atoms with E-state index in [9.17, 15) is 8.92 Å². The van der Waals surface area contributed by atoms with E-state index in [1.54, 1.807) is 12.1 Å². The summed E-state index contributed by atoms with van der Waals surface area (Å²) in [5.74, 6) is -0.658. The smallest absolute Gasteiger partial charge is 0.197 e. The van der Waals surface area contributed by atoms with Gasteiger partial charge in [0.15, 0.2) is 5.75 Å². The van der Waals surface area contributed by atoms with Crippen molar-refractivity contribution in [2.75, 3.05) is 11.5 Å². The highest BCUT2D eigenvalue weighted by molar-refractivity contribution is 5.73. The SMILES string of the molecule is NCc1cc(C=Cc2cc(N)c(OF)cc2F)cnc1N. The number of hydrogen-bond donors (Lipinski definition) is 3. The molecule has 0 bridgehead atoms. The van der Waals surface area contributed by atoms with Gasteiger partial charge < -0.3 is 17.2 Å². The number of halogens is 2. The second-order valence-corrected chi connectivity index (χ2v) is 4.34. The molecular weight excluding hydrogens is 278 g/mol. The van der Waals surface area contributed by atoms with Crippen molar-refractivity contribution in [3.05, 3.63) is 46.9 Å². The third-order valence-electron chi connectivity index (χ3n) is 2.91.